The molecule has 5 fully saturated rings. The van der Waals surface area contributed by atoms with E-state index in [2.05, 4.69) is 52.1 Å². The number of anilines is 1. The third-order valence-electron chi connectivity index (χ3n) is 16.7. The number of piperazine rings is 1. The predicted molar refractivity (Wildman–Crippen MR) is 299 cm³/mol. The minimum Gasteiger partial charge on any atom is -0.486 e. The van der Waals surface area contributed by atoms with E-state index >= 15 is 4.39 Å². The largest absolute Gasteiger partial charge is 0.486 e. The highest BCUT2D eigenvalue weighted by Crippen LogP contribution is 2.53. The number of nitrogens with one attached hydrogen (secondary N) is 3. The maximum Gasteiger partial charge on any atom is 0.319 e. The molecule has 4 aliphatic heterocycles. The standard InChI is InChI=1S/C60H64FN13O7/c1-32(2)54(59(78)73-28-41(76)22-50(73)58(77)66-49(30-75)37-11-13-38(14-12-37)56-62-17-4-18-63-56)74-29-48(70-71-74)36-7-5-34(6-8-36)31-80-55-52(51-33(3)46(61)24-47-45(51)26-65-69-47)43(35-9-10-35)23-44-53(55)67-60(81-42-15-19-79-20-16-42)68-57(44)72-27-39-21-40(72)25-64-39/h4-8,11-14,17-18,23-24,26,29,32,35,39-42,49-50,54,64,75-76H,9-10,15-16,19-22,25,27-28,30-31H2,1-3H3,(H,65,69)(H,66,77)/t39-,40-,41+,49-,50-,54-/m0/s1. The Balaban J connectivity index is 0.785. The molecule has 4 aromatic carbocycles. The third-order valence-corrected chi connectivity index (χ3v) is 16.7. The van der Waals surface area contributed by atoms with Gasteiger partial charge in [0, 0.05) is 96.4 Å². The van der Waals surface area contributed by atoms with E-state index in [1.807, 2.05) is 50.2 Å². The number of carbonyl (C=O) groups is 2. The maximum atomic E-state index is 16.2. The number of ether oxygens (including phenoxy) is 3. The number of halogens is 1. The topological polar surface area (TPSA) is 244 Å². The Bertz CT molecular complexity index is 3630. The molecule has 418 valence electrons. The molecule has 1 aliphatic carbocycles. The molecule has 6 atom stereocenters. The van der Waals surface area contributed by atoms with Crippen LogP contribution in [0, 0.1) is 18.7 Å². The lowest BCUT2D eigenvalue weighted by Crippen LogP contribution is -2.50. The number of fused-ring (bicyclic) bond motifs is 4. The highest BCUT2D eigenvalue weighted by Gasteiger charge is 2.44. The van der Waals surface area contributed by atoms with Gasteiger partial charge in [0.2, 0.25) is 11.8 Å². The van der Waals surface area contributed by atoms with Gasteiger partial charge >= 0.3 is 6.01 Å². The molecular weight excluding hydrogens is 1030 g/mol. The number of aliphatic hydroxyl groups excluding tert-OH is 2. The number of hydrogen-bond donors (Lipinski definition) is 5. The van der Waals surface area contributed by atoms with Crippen LogP contribution in [0.3, 0.4) is 0 Å². The van der Waals surface area contributed by atoms with Gasteiger partial charge in [0.15, 0.2) is 11.6 Å². The summed E-state index contributed by atoms with van der Waals surface area (Å²) in [6.45, 7) is 8.15. The van der Waals surface area contributed by atoms with E-state index in [1.54, 1.807) is 49.9 Å². The van der Waals surface area contributed by atoms with E-state index in [0.717, 1.165) is 89.6 Å². The molecule has 2 bridgehead atoms. The van der Waals surface area contributed by atoms with Crippen molar-refractivity contribution in [3.63, 3.8) is 0 Å². The summed E-state index contributed by atoms with van der Waals surface area (Å²) in [6, 6.07) is 18.7. The number of hydrogen-bond acceptors (Lipinski definition) is 16. The van der Waals surface area contributed by atoms with E-state index in [0.29, 0.717) is 64.2 Å². The van der Waals surface area contributed by atoms with Crippen molar-refractivity contribution < 1.29 is 38.4 Å². The molecule has 4 aromatic heterocycles. The van der Waals surface area contributed by atoms with Crippen LogP contribution in [0.15, 0.2) is 91.5 Å². The maximum absolute atomic E-state index is 16.2. The zero-order valence-corrected chi connectivity index (χ0v) is 45.3. The van der Waals surface area contributed by atoms with Gasteiger partial charge < -0.3 is 44.9 Å². The first-order valence-corrected chi connectivity index (χ1v) is 28.1. The van der Waals surface area contributed by atoms with Crippen LogP contribution < -0.4 is 25.0 Å². The molecule has 4 saturated heterocycles. The summed E-state index contributed by atoms with van der Waals surface area (Å²) < 4.78 is 37.1. The van der Waals surface area contributed by atoms with Crippen molar-refractivity contribution in [1.82, 2.24) is 60.7 Å². The number of carbonyl (C=O) groups excluding carboxylic acids is 2. The summed E-state index contributed by atoms with van der Waals surface area (Å²) in [7, 11) is 0. The lowest BCUT2D eigenvalue weighted by atomic mass is 9.88. The first-order chi connectivity index (χ1) is 39.5. The summed E-state index contributed by atoms with van der Waals surface area (Å²) in [6.07, 6.45) is 10.2. The van der Waals surface area contributed by atoms with Crippen molar-refractivity contribution in [3.8, 4) is 45.5 Å². The fourth-order valence-electron chi connectivity index (χ4n) is 12.3. The zero-order chi connectivity index (χ0) is 55.5. The van der Waals surface area contributed by atoms with Crippen molar-refractivity contribution >= 4 is 39.4 Å². The average Bonchev–Trinajstić information content (AvgIpc) is 4.15. The van der Waals surface area contributed by atoms with E-state index in [1.165, 1.54) is 15.6 Å². The summed E-state index contributed by atoms with van der Waals surface area (Å²) in [4.78, 5) is 51.4. The van der Waals surface area contributed by atoms with Crippen molar-refractivity contribution in [2.24, 2.45) is 5.92 Å². The first kappa shape index (κ1) is 52.4. The van der Waals surface area contributed by atoms with Gasteiger partial charge in [-0.3, -0.25) is 14.7 Å². The Hall–Kier alpha value is -7.98. The molecule has 5 aliphatic rings. The number of H-pyrrole nitrogens is 1. The number of benzene rings is 4. The van der Waals surface area contributed by atoms with E-state index in [9.17, 15) is 19.8 Å². The molecule has 1 saturated carbocycles. The Kier molecular flexibility index (Phi) is 14.1. The van der Waals surface area contributed by atoms with Crippen LogP contribution >= 0.6 is 0 Å². The average molecular weight is 1100 g/mol. The summed E-state index contributed by atoms with van der Waals surface area (Å²) in [5.41, 5.74) is 7.75. The Morgan fingerprint density at radius 2 is 1.72 bits per heavy atom. The quantitative estimate of drug-likeness (QED) is 0.0622. The molecule has 21 heteroatoms. The number of aromatic amines is 1. The molecule has 5 N–H and O–H groups in total. The number of aliphatic hydroxyl groups is 2. The number of likely N-dealkylation sites (tertiary alicyclic amines) is 1. The van der Waals surface area contributed by atoms with Crippen LogP contribution in [0.1, 0.15) is 92.6 Å². The lowest BCUT2D eigenvalue weighted by molar-refractivity contribution is -0.142. The van der Waals surface area contributed by atoms with Gasteiger partial charge in [-0.25, -0.2) is 19.0 Å². The highest BCUT2D eigenvalue weighted by molar-refractivity contribution is 6.06. The molecule has 0 radical (unpaired) electrons. The number of rotatable bonds is 17. The smallest absolute Gasteiger partial charge is 0.319 e. The Morgan fingerprint density at radius 1 is 0.938 bits per heavy atom. The predicted octanol–water partition coefficient (Wildman–Crippen LogP) is 6.91. The summed E-state index contributed by atoms with van der Waals surface area (Å²) in [5, 5.41) is 45.9. The van der Waals surface area contributed by atoms with Gasteiger partial charge in [-0.2, -0.15) is 15.1 Å². The second-order valence-electron chi connectivity index (χ2n) is 22.5. The number of nitrogens with zero attached hydrogens (tertiary/aromatic N) is 10. The van der Waals surface area contributed by atoms with Crippen molar-refractivity contribution in [1.29, 1.82) is 0 Å². The van der Waals surface area contributed by atoms with E-state index < -0.39 is 30.1 Å². The molecule has 8 heterocycles. The number of amides is 2. The van der Waals surface area contributed by atoms with Gasteiger partial charge in [0.05, 0.1) is 49.9 Å². The van der Waals surface area contributed by atoms with Crippen LogP contribution in [0.25, 0.3) is 55.6 Å². The lowest BCUT2D eigenvalue weighted by Gasteiger charge is -2.31. The van der Waals surface area contributed by atoms with Gasteiger partial charge in [-0.1, -0.05) is 67.6 Å². The molecular formula is C60H64FN13O7. The van der Waals surface area contributed by atoms with Crippen molar-refractivity contribution in [2.75, 3.05) is 44.4 Å². The SMILES string of the molecule is Cc1c(F)cc2[nH]ncc2c1-c1c(C2CC2)cc2c(N3C[C@@H]4C[C@H]3CN4)nc(OC3CCOCC3)nc2c1OCc1ccc(-c2cn([C@H](C(=O)N3C[C@H](O)C[C@H]3C(=O)N[C@@H](CO)c3ccc(-c4ncccn4)cc3)C(C)C)nn2)cc1. The minimum absolute atomic E-state index is 0.0316. The minimum atomic E-state index is -0.993. The number of β-amino-alcohol motifs (C(OH)–C–C–N with tert-alkyl or cyclic N) is 1. The summed E-state index contributed by atoms with van der Waals surface area (Å²) in [5.74, 6) is 0.586. The van der Waals surface area contributed by atoms with Crippen LogP contribution in [0.4, 0.5) is 10.2 Å². The van der Waals surface area contributed by atoms with E-state index in [4.69, 9.17) is 24.2 Å². The van der Waals surface area contributed by atoms with Crippen molar-refractivity contribution in [3.05, 3.63) is 120 Å². The molecule has 0 unspecified atom stereocenters. The molecule has 0 spiro atoms. The van der Waals surface area contributed by atoms with Crippen LogP contribution in [0.5, 0.6) is 11.8 Å². The molecule has 13 rings (SSSR count). The first-order valence-electron chi connectivity index (χ1n) is 28.1. The molecule has 2 amide bonds. The Labute approximate surface area is 466 Å². The number of aromatic nitrogens is 9. The molecule has 20 nitrogen and oxygen atoms in total. The fourth-order valence-corrected chi connectivity index (χ4v) is 12.3. The Morgan fingerprint density at radius 3 is 2.43 bits per heavy atom. The molecule has 81 heavy (non-hydrogen) atoms. The van der Waals surface area contributed by atoms with Gasteiger partial charge in [-0.05, 0) is 78.5 Å². The second-order valence-corrected chi connectivity index (χ2v) is 22.5. The highest BCUT2D eigenvalue weighted by atomic mass is 19.1. The van der Waals surface area contributed by atoms with Crippen LogP contribution in [-0.4, -0.2) is 142 Å². The fraction of sp³-hybridized carbons (Fsp3) is 0.417. The summed E-state index contributed by atoms with van der Waals surface area (Å²) >= 11 is 0. The van der Waals surface area contributed by atoms with Gasteiger partial charge in [0.25, 0.3) is 0 Å². The molecule has 8 aromatic rings. The second kappa shape index (κ2) is 21.8. The van der Waals surface area contributed by atoms with Crippen LogP contribution in [0.2, 0.25) is 0 Å². The van der Waals surface area contributed by atoms with E-state index in [-0.39, 0.29) is 67.9 Å². The van der Waals surface area contributed by atoms with Gasteiger partial charge in [0.1, 0.15) is 47.6 Å². The van der Waals surface area contributed by atoms with Crippen LogP contribution in [-0.2, 0) is 20.9 Å². The zero-order valence-electron chi connectivity index (χ0n) is 45.3. The monoisotopic (exact) mass is 1100 g/mol. The van der Waals surface area contributed by atoms with Gasteiger partial charge in [-0.15, -0.1) is 5.10 Å². The normalized spacial score (nSPS) is 20.9. The third kappa shape index (κ3) is 10.2. The van der Waals surface area contributed by atoms with Crippen molar-refractivity contribution in [2.45, 2.75) is 114 Å².